The number of hydrogen-bond acceptors (Lipinski definition) is 1. The maximum absolute atomic E-state index is 3.30. The fourth-order valence-electron chi connectivity index (χ4n) is 2.98. The van der Waals surface area contributed by atoms with Gasteiger partial charge in [-0.25, -0.2) is 0 Å². The first-order chi connectivity index (χ1) is 14.2. The molecular formula is C28H35N. The minimum atomic E-state index is 0.861. The van der Waals surface area contributed by atoms with Crippen LogP contribution in [0.3, 0.4) is 0 Å². The molecule has 0 saturated heterocycles. The summed E-state index contributed by atoms with van der Waals surface area (Å²) in [7, 11) is 0. The Hall–Kier alpha value is -2.80. The lowest BCUT2D eigenvalue weighted by molar-refractivity contribution is 0.529. The first-order valence-electron chi connectivity index (χ1n) is 10.8. The van der Waals surface area contributed by atoms with Crippen LogP contribution >= 0.6 is 0 Å². The third kappa shape index (κ3) is 10.9. The van der Waals surface area contributed by atoms with E-state index in [-0.39, 0.29) is 0 Å². The van der Waals surface area contributed by atoms with Crippen molar-refractivity contribution in [2.75, 3.05) is 5.32 Å². The van der Waals surface area contributed by atoms with Gasteiger partial charge >= 0.3 is 0 Å². The smallest absolute Gasteiger partial charge is 0.0384 e. The average molecular weight is 386 g/mol. The van der Waals surface area contributed by atoms with Crippen molar-refractivity contribution in [2.24, 2.45) is 5.92 Å². The molecule has 0 fully saturated rings. The van der Waals surface area contributed by atoms with Gasteiger partial charge in [0.05, 0.1) is 0 Å². The van der Waals surface area contributed by atoms with Gasteiger partial charge in [-0.15, -0.1) is 0 Å². The summed E-state index contributed by atoms with van der Waals surface area (Å²) < 4.78 is 0. The number of rotatable bonds is 9. The standard InChI is InChI=1S/C16H24.C12H11N/c1-15(2)11-7-4-3-5-8-12-16-13-9-6-10-14-16;1-3-7-11(8-4-1)13-12-9-5-2-6-10-12/h6,8-10,12-15H,3-5,7,11H2,1-2H3;1-10,13H. The maximum Gasteiger partial charge on any atom is 0.0384 e. The van der Waals surface area contributed by atoms with E-state index in [1.165, 1.54) is 37.7 Å². The van der Waals surface area contributed by atoms with E-state index in [0.29, 0.717) is 0 Å². The molecule has 3 aromatic rings. The second-order valence-corrected chi connectivity index (χ2v) is 7.70. The zero-order chi connectivity index (χ0) is 20.6. The Morgan fingerprint density at radius 3 is 1.69 bits per heavy atom. The average Bonchev–Trinajstić information content (AvgIpc) is 2.75. The van der Waals surface area contributed by atoms with Crippen LogP contribution in [0.2, 0.25) is 0 Å². The summed E-state index contributed by atoms with van der Waals surface area (Å²) in [4.78, 5) is 0. The first-order valence-corrected chi connectivity index (χ1v) is 10.8. The van der Waals surface area contributed by atoms with Crippen molar-refractivity contribution in [1.29, 1.82) is 0 Å². The molecule has 1 heteroatoms. The van der Waals surface area contributed by atoms with Gasteiger partial charge in [0.25, 0.3) is 0 Å². The third-order valence-corrected chi connectivity index (χ3v) is 4.60. The summed E-state index contributed by atoms with van der Waals surface area (Å²) in [6.07, 6.45) is 11.2. The van der Waals surface area contributed by atoms with Gasteiger partial charge < -0.3 is 5.32 Å². The lowest BCUT2D eigenvalue weighted by Crippen LogP contribution is -1.87. The van der Waals surface area contributed by atoms with Crippen molar-refractivity contribution in [3.63, 3.8) is 0 Å². The van der Waals surface area contributed by atoms with Gasteiger partial charge in [0.2, 0.25) is 0 Å². The molecule has 0 bridgehead atoms. The van der Waals surface area contributed by atoms with Crippen LogP contribution in [-0.2, 0) is 0 Å². The normalized spacial score (nSPS) is 10.6. The van der Waals surface area contributed by atoms with Crippen molar-refractivity contribution in [3.8, 4) is 0 Å². The molecule has 152 valence electrons. The molecule has 0 unspecified atom stereocenters. The summed E-state index contributed by atoms with van der Waals surface area (Å²) in [6, 6.07) is 30.8. The summed E-state index contributed by atoms with van der Waals surface area (Å²) in [5.74, 6) is 0.861. The number of nitrogens with one attached hydrogen (secondary N) is 1. The lowest BCUT2D eigenvalue weighted by Gasteiger charge is -2.04. The molecule has 0 radical (unpaired) electrons. The van der Waals surface area contributed by atoms with Crippen LogP contribution in [0.5, 0.6) is 0 Å². The fourth-order valence-corrected chi connectivity index (χ4v) is 2.98. The van der Waals surface area contributed by atoms with E-state index in [1.807, 2.05) is 60.7 Å². The second-order valence-electron chi connectivity index (χ2n) is 7.70. The van der Waals surface area contributed by atoms with Crippen molar-refractivity contribution in [1.82, 2.24) is 0 Å². The molecule has 3 rings (SSSR count). The summed E-state index contributed by atoms with van der Waals surface area (Å²) >= 11 is 0. The Balaban J connectivity index is 0.000000211. The van der Waals surface area contributed by atoms with E-state index in [0.717, 1.165) is 17.3 Å². The topological polar surface area (TPSA) is 12.0 Å². The molecule has 0 aromatic heterocycles. The molecular weight excluding hydrogens is 350 g/mol. The molecule has 0 aliphatic heterocycles. The number of para-hydroxylation sites is 2. The quantitative estimate of drug-likeness (QED) is 0.363. The van der Waals surface area contributed by atoms with Crippen LogP contribution in [0.1, 0.15) is 51.5 Å². The van der Waals surface area contributed by atoms with Crippen molar-refractivity contribution in [2.45, 2.75) is 46.0 Å². The van der Waals surface area contributed by atoms with Gasteiger partial charge in [-0.3, -0.25) is 0 Å². The Bertz CT molecular complexity index is 739. The van der Waals surface area contributed by atoms with Crippen LogP contribution in [0, 0.1) is 5.92 Å². The molecule has 0 aliphatic carbocycles. The van der Waals surface area contributed by atoms with E-state index in [2.05, 4.69) is 61.6 Å². The van der Waals surface area contributed by atoms with Gasteiger partial charge in [-0.1, -0.05) is 112 Å². The lowest BCUT2D eigenvalue weighted by atomic mass is 10.0. The zero-order valence-corrected chi connectivity index (χ0v) is 17.9. The maximum atomic E-state index is 3.30. The predicted molar refractivity (Wildman–Crippen MR) is 130 cm³/mol. The molecule has 1 nitrogen and oxygen atoms in total. The summed E-state index contributed by atoms with van der Waals surface area (Å²) in [5, 5.41) is 3.30. The molecule has 0 spiro atoms. The highest BCUT2D eigenvalue weighted by atomic mass is 14.9. The Labute approximate surface area is 177 Å². The van der Waals surface area contributed by atoms with Crippen molar-refractivity contribution >= 4 is 17.5 Å². The van der Waals surface area contributed by atoms with Crippen LogP contribution < -0.4 is 5.32 Å². The monoisotopic (exact) mass is 385 g/mol. The predicted octanol–water partition coefficient (Wildman–Crippen LogP) is 8.74. The molecule has 0 heterocycles. The van der Waals surface area contributed by atoms with E-state index in [9.17, 15) is 0 Å². The number of anilines is 2. The van der Waals surface area contributed by atoms with E-state index in [4.69, 9.17) is 0 Å². The highest BCUT2D eigenvalue weighted by Gasteiger charge is 1.93. The van der Waals surface area contributed by atoms with Crippen LogP contribution in [-0.4, -0.2) is 0 Å². The van der Waals surface area contributed by atoms with E-state index in [1.54, 1.807) is 0 Å². The molecule has 1 N–H and O–H groups in total. The third-order valence-electron chi connectivity index (χ3n) is 4.60. The Kier molecular flexibility index (Phi) is 11.0. The SMILES string of the molecule is CC(C)CCCCCC=Cc1ccccc1.c1ccc(Nc2ccccc2)cc1. The fraction of sp³-hybridized carbons (Fsp3) is 0.286. The van der Waals surface area contributed by atoms with E-state index >= 15 is 0 Å². The largest absolute Gasteiger partial charge is 0.356 e. The first kappa shape index (κ1) is 22.5. The highest BCUT2D eigenvalue weighted by molar-refractivity contribution is 5.58. The van der Waals surface area contributed by atoms with Gasteiger partial charge in [-0.2, -0.15) is 0 Å². The Morgan fingerprint density at radius 2 is 1.17 bits per heavy atom. The summed E-state index contributed by atoms with van der Waals surface area (Å²) in [5.41, 5.74) is 3.55. The van der Waals surface area contributed by atoms with Gasteiger partial charge in [0.1, 0.15) is 0 Å². The second kappa shape index (κ2) is 14.2. The molecule has 0 atom stereocenters. The number of unbranched alkanes of at least 4 members (excludes halogenated alkanes) is 3. The molecule has 0 saturated carbocycles. The number of benzene rings is 3. The highest BCUT2D eigenvalue weighted by Crippen LogP contribution is 2.14. The van der Waals surface area contributed by atoms with Gasteiger partial charge in [0.15, 0.2) is 0 Å². The minimum Gasteiger partial charge on any atom is -0.356 e. The van der Waals surface area contributed by atoms with Crippen molar-refractivity contribution in [3.05, 3.63) is 103 Å². The molecule has 0 amide bonds. The van der Waals surface area contributed by atoms with E-state index < -0.39 is 0 Å². The van der Waals surface area contributed by atoms with Crippen LogP contribution in [0.4, 0.5) is 11.4 Å². The molecule has 29 heavy (non-hydrogen) atoms. The number of allylic oxidation sites excluding steroid dienone is 1. The van der Waals surface area contributed by atoms with Crippen molar-refractivity contribution < 1.29 is 0 Å². The van der Waals surface area contributed by atoms with Crippen LogP contribution in [0.15, 0.2) is 97.1 Å². The van der Waals surface area contributed by atoms with Crippen LogP contribution in [0.25, 0.3) is 6.08 Å². The minimum absolute atomic E-state index is 0.861. The van der Waals surface area contributed by atoms with Gasteiger partial charge in [0, 0.05) is 11.4 Å². The molecule has 3 aromatic carbocycles. The number of hydrogen-bond donors (Lipinski definition) is 1. The Morgan fingerprint density at radius 1 is 0.655 bits per heavy atom. The summed E-state index contributed by atoms with van der Waals surface area (Å²) in [6.45, 7) is 4.60. The molecule has 0 aliphatic rings. The van der Waals surface area contributed by atoms with Gasteiger partial charge in [-0.05, 0) is 48.6 Å². The zero-order valence-electron chi connectivity index (χ0n) is 17.9.